The number of esters is 3. The number of allylic oxidation sites excluding steroid dienone is 20. The third-order valence-electron chi connectivity index (χ3n) is 13.1. The summed E-state index contributed by atoms with van der Waals surface area (Å²) in [7, 11) is -9.79. The Hall–Kier alpha value is -4.05. The van der Waals surface area contributed by atoms with Crippen molar-refractivity contribution in [2.45, 2.75) is 257 Å². The normalized spacial score (nSPS) is 15.1. The molecule has 0 amide bonds. The fourth-order valence-corrected chi connectivity index (χ4v) is 9.69. The predicted octanol–water partition coefficient (Wildman–Crippen LogP) is 17.9. The van der Waals surface area contributed by atoms with Gasteiger partial charge in [-0.1, -0.05) is 213 Å². The van der Waals surface area contributed by atoms with E-state index in [-0.39, 0.29) is 19.3 Å². The highest BCUT2D eigenvalue weighted by Crippen LogP contribution is 2.45. The number of aliphatic hydroxyl groups is 2. The van der Waals surface area contributed by atoms with Crippen molar-refractivity contribution in [2.24, 2.45) is 0 Å². The molecule has 0 saturated heterocycles. The van der Waals surface area contributed by atoms with E-state index in [2.05, 4.69) is 142 Å². The number of ether oxygens (including phenoxy) is 3. The average Bonchev–Trinajstić information content (AvgIpc) is 3.63. The third kappa shape index (κ3) is 63.3. The Balaban J connectivity index is 4.64. The van der Waals surface area contributed by atoms with E-state index in [0.29, 0.717) is 19.3 Å². The van der Waals surface area contributed by atoms with Crippen LogP contribution in [-0.4, -0.2) is 95.9 Å². The van der Waals surface area contributed by atoms with Gasteiger partial charge in [-0.3, -0.25) is 32.5 Å². The highest BCUT2D eigenvalue weighted by Gasteiger charge is 2.29. The number of carbonyl (C=O) groups excluding carboxylic acids is 3. The van der Waals surface area contributed by atoms with Crippen LogP contribution < -0.4 is 0 Å². The Bertz CT molecular complexity index is 2070. The first-order valence-electron chi connectivity index (χ1n) is 32.8. The molecular formula is C69H116O16P2. The topological polar surface area (TPSA) is 231 Å². The van der Waals surface area contributed by atoms with Crippen LogP contribution in [-0.2, 0) is 55.8 Å². The zero-order valence-corrected chi connectivity index (χ0v) is 55.4. The van der Waals surface area contributed by atoms with Crippen LogP contribution in [0.2, 0.25) is 0 Å². The van der Waals surface area contributed by atoms with Gasteiger partial charge in [-0.2, -0.15) is 0 Å². The van der Waals surface area contributed by atoms with Gasteiger partial charge in [0.15, 0.2) is 6.10 Å². The number of carbonyl (C=O) groups is 3. The molecular weight excluding hydrogens is 1150 g/mol. The molecule has 0 bridgehead atoms. The Labute approximate surface area is 525 Å². The van der Waals surface area contributed by atoms with Gasteiger partial charge in [0.2, 0.25) is 0 Å². The fourth-order valence-electron chi connectivity index (χ4n) is 8.11. The molecule has 0 aromatic heterocycles. The van der Waals surface area contributed by atoms with Gasteiger partial charge in [0, 0.05) is 19.3 Å². The SMILES string of the molecule is CC/C=C\C/C=C\C/C=C\C/C=C\C/C=C\C/C=C\CCCCCCC(=O)OCC(O)COP(=O)(O)OCC(O)COP(=O)(O)OCC(COC(=O)CCCCCCC/C=C\C/C=C\CCCCC)OC(=O)CCCCCCC/C=C\C/C=C\CCC. The van der Waals surface area contributed by atoms with Crippen LogP contribution in [0.4, 0.5) is 0 Å². The molecule has 0 aromatic rings. The molecule has 0 heterocycles. The first-order chi connectivity index (χ1) is 42.2. The summed E-state index contributed by atoms with van der Waals surface area (Å²) in [6.45, 7) is 2.37. The maximum absolute atomic E-state index is 12.9. The van der Waals surface area contributed by atoms with E-state index >= 15 is 0 Å². The Morgan fingerprint density at radius 3 is 1.01 bits per heavy atom. The van der Waals surface area contributed by atoms with E-state index in [1.165, 1.54) is 19.3 Å². The van der Waals surface area contributed by atoms with Gasteiger partial charge in [-0.05, 0) is 128 Å². The summed E-state index contributed by atoms with van der Waals surface area (Å²) in [6, 6.07) is 0. The molecule has 0 rings (SSSR count). The zero-order chi connectivity index (χ0) is 63.8. The molecule has 4 N–H and O–H groups in total. The van der Waals surface area contributed by atoms with Crippen molar-refractivity contribution in [3.05, 3.63) is 122 Å². The second-order valence-electron chi connectivity index (χ2n) is 21.5. The lowest BCUT2D eigenvalue weighted by Crippen LogP contribution is -2.30. The minimum Gasteiger partial charge on any atom is -0.463 e. The predicted molar refractivity (Wildman–Crippen MR) is 353 cm³/mol. The van der Waals surface area contributed by atoms with Gasteiger partial charge in [0.05, 0.1) is 26.4 Å². The summed E-state index contributed by atoms with van der Waals surface area (Å²) >= 11 is 0. The maximum atomic E-state index is 12.9. The van der Waals surface area contributed by atoms with Crippen molar-refractivity contribution < 1.29 is 75.8 Å². The molecule has 87 heavy (non-hydrogen) atoms. The quantitative estimate of drug-likeness (QED) is 0.0146. The van der Waals surface area contributed by atoms with E-state index < -0.39 is 91.5 Å². The number of phosphoric acid groups is 2. The Morgan fingerprint density at radius 1 is 0.333 bits per heavy atom. The second kappa shape index (κ2) is 62.2. The molecule has 0 aliphatic rings. The van der Waals surface area contributed by atoms with Gasteiger partial charge in [-0.15, -0.1) is 0 Å². The number of rotatable bonds is 61. The highest BCUT2D eigenvalue weighted by molar-refractivity contribution is 7.47. The van der Waals surface area contributed by atoms with Crippen LogP contribution in [0, 0.1) is 0 Å². The van der Waals surface area contributed by atoms with E-state index in [4.69, 9.17) is 32.3 Å². The molecule has 5 atom stereocenters. The molecule has 0 spiro atoms. The van der Waals surface area contributed by atoms with Crippen molar-refractivity contribution in [1.29, 1.82) is 0 Å². The molecule has 5 unspecified atom stereocenters. The molecule has 0 aromatic carbocycles. The van der Waals surface area contributed by atoms with Gasteiger partial charge < -0.3 is 34.2 Å². The van der Waals surface area contributed by atoms with Crippen LogP contribution in [0.15, 0.2) is 122 Å². The molecule has 0 saturated carbocycles. The molecule has 0 aliphatic heterocycles. The van der Waals surface area contributed by atoms with Crippen molar-refractivity contribution in [3.63, 3.8) is 0 Å². The lowest BCUT2D eigenvalue weighted by molar-refractivity contribution is -0.161. The van der Waals surface area contributed by atoms with Crippen LogP contribution in [0.1, 0.15) is 239 Å². The number of hydrogen-bond donors (Lipinski definition) is 4. The standard InChI is InChI=1S/C69H116O16P2/c1-4-7-10-13-16-19-22-25-27-28-29-30-31-32-33-34-36-39-40-43-46-49-52-55-67(72)79-58-64(70)59-81-86(75,76)82-60-65(71)61-83-87(77,78)84-63-66(85-69(74)57-54-51-48-45-42-37-24-21-18-15-12-9-6-3)62-80-68(73)56-53-50-47-44-41-38-35-26-23-20-17-14-11-8-5-2/h7,10,12,15-17,19-21,24-27,29-30,32-33,35-36,39,64-66,70-71H,4-6,8-9,11,13-14,18,22-23,28,31,34,37-38,40-63H2,1-3H3,(H,75,76)(H,77,78)/b10-7-,15-12-,19-16-,20-17-,24-21-,27-25-,30-29-,33-32-,35-26-,39-36-. The average molecular weight is 1260 g/mol. The number of aliphatic hydroxyl groups excluding tert-OH is 2. The van der Waals surface area contributed by atoms with Crippen molar-refractivity contribution in [2.75, 3.05) is 39.6 Å². The van der Waals surface area contributed by atoms with Crippen LogP contribution in [0.3, 0.4) is 0 Å². The molecule has 498 valence electrons. The van der Waals surface area contributed by atoms with Crippen LogP contribution in [0.5, 0.6) is 0 Å². The number of unbranched alkanes of at least 4 members (excludes halogenated alkanes) is 18. The smallest absolute Gasteiger partial charge is 0.463 e. The third-order valence-corrected chi connectivity index (χ3v) is 15.0. The second-order valence-corrected chi connectivity index (χ2v) is 24.4. The monoisotopic (exact) mass is 1260 g/mol. The first-order valence-corrected chi connectivity index (χ1v) is 35.8. The van der Waals surface area contributed by atoms with Gasteiger partial charge >= 0.3 is 33.6 Å². The van der Waals surface area contributed by atoms with Crippen molar-refractivity contribution >= 4 is 33.6 Å². The zero-order valence-electron chi connectivity index (χ0n) is 53.6. The van der Waals surface area contributed by atoms with E-state index in [0.717, 1.165) is 161 Å². The van der Waals surface area contributed by atoms with Crippen molar-refractivity contribution in [1.82, 2.24) is 0 Å². The molecule has 18 heteroatoms. The molecule has 0 radical (unpaired) electrons. The summed E-state index contributed by atoms with van der Waals surface area (Å²) in [5, 5.41) is 20.5. The summed E-state index contributed by atoms with van der Waals surface area (Å²) in [5.74, 6) is -1.64. The molecule has 16 nitrogen and oxygen atoms in total. The van der Waals surface area contributed by atoms with Gasteiger partial charge in [0.25, 0.3) is 0 Å². The van der Waals surface area contributed by atoms with Crippen LogP contribution in [0.25, 0.3) is 0 Å². The minimum absolute atomic E-state index is 0.0822. The number of phosphoric ester groups is 2. The molecule has 0 aliphatic carbocycles. The Kier molecular flexibility index (Phi) is 59.3. The van der Waals surface area contributed by atoms with Gasteiger partial charge in [-0.25, -0.2) is 9.13 Å². The first kappa shape index (κ1) is 83.0. The van der Waals surface area contributed by atoms with Crippen LogP contribution >= 0.6 is 15.6 Å². The van der Waals surface area contributed by atoms with E-state index in [1.54, 1.807) is 0 Å². The summed E-state index contributed by atoms with van der Waals surface area (Å²) in [4.78, 5) is 58.2. The summed E-state index contributed by atoms with van der Waals surface area (Å²) in [5.41, 5.74) is 0. The Morgan fingerprint density at radius 2 is 0.632 bits per heavy atom. The van der Waals surface area contributed by atoms with Crippen molar-refractivity contribution in [3.8, 4) is 0 Å². The van der Waals surface area contributed by atoms with Gasteiger partial charge in [0.1, 0.15) is 25.4 Å². The highest BCUT2D eigenvalue weighted by atomic mass is 31.2. The fraction of sp³-hybridized carbons (Fsp3) is 0.667. The lowest BCUT2D eigenvalue weighted by atomic mass is 10.1. The van der Waals surface area contributed by atoms with E-state index in [1.807, 2.05) is 0 Å². The summed E-state index contributed by atoms with van der Waals surface area (Å²) < 4.78 is 60.7. The largest absolute Gasteiger partial charge is 0.472 e. The minimum atomic E-state index is -4.93. The number of hydrogen-bond acceptors (Lipinski definition) is 14. The maximum Gasteiger partial charge on any atom is 0.472 e. The summed E-state index contributed by atoms with van der Waals surface area (Å²) in [6.07, 6.45) is 69.7. The van der Waals surface area contributed by atoms with E-state index in [9.17, 15) is 43.5 Å². The lowest BCUT2D eigenvalue weighted by Gasteiger charge is -2.21. The molecule has 0 fully saturated rings.